The molecule has 1 fully saturated rings. The molecule has 1 aliphatic heterocycles. The third kappa shape index (κ3) is 6.38. The monoisotopic (exact) mass is 492 g/mol. The largest absolute Gasteiger partial charge is 0.464 e. The van der Waals surface area contributed by atoms with Crippen LogP contribution in [0.4, 0.5) is 0 Å². The molecule has 36 heavy (non-hydrogen) atoms. The normalized spacial score (nSPS) is 20.5. The van der Waals surface area contributed by atoms with Crippen LogP contribution in [0.15, 0.2) is 51.9 Å². The van der Waals surface area contributed by atoms with Gasteiger partial charge in [-0.25, -0.2) is 14.8 Å². The molecule has 0 amide bonds. The molecule has 2 aromatic rings. The first-order valence-corrected chi connectivity index (χ1v) is 13.0. The number of allylic oxidation sites excluding steroid dienone is 1. The SMILES string of the molecule is COC(=O)c1nc(C(CCCC2CCCCC2)CC(=O)C2(OCc3ccccc3)C=CC=N2)oc1C. The molecule has 0 bridgehead atoms. The number of ether oxygens (including phenoxy) is 2. The third-order valence-electron chi connectivity index (χ3n) is 7.24. The maximum atomic E-state index is 13.7. The minimum atomic E-state index is -1.36. The van der Waals surface area contributed by atoms with Crippen molar-refractivity contribution in [2.45, 2.75) is 83.0 Å². The summed E-state index contributed by atoms with van der Waals surface area (Å²) in [4.78, 5) is 34.7. The number of carbonyl (C=O) groups is 2. The number of methoxy groups -OCH3 is 1. The van der Waals surface area contributed by atoms with Crippen molar-refractivity contribution >= 4 is 18.0 Å². The van der Waals surface area contributed by atoms with Crippen molar-refractivity contribution in [3.05, 3.63) is 65.4 Å². The van der Waals surface area contributed by atoms with E-state index in [2.05, 4.69) is 9.98 Å². The quantitative estimate of drug-likeness (QED) is 0.332. The van der Waals surface area contributed by atoms with Gasteiger partial charge in [-0.1, -0.05) is 75.3 Å². The zero-order chi connectivity index (χ0) is 25.4. The molecule has 2 unspecified atom stereocenters. The molecule has 1 saturated carbocycles. The average molecular weight is 493 g/mol. The van der Waals surface area contributed by atoms with Gasteiger partial charge in [0.15, 0.2) is 17.4 Å². The van der Waals surface area contributed by atoms with Crippen LogP contribution in [0.1, 0.15) is 91.4 Å². The van der Waals surface area contributed by atoms with Crippen LogP contribution in [0.25, 0.3) is 0 Å². The van der Waals surface area contributed by atoms with E-state index < -0.39 is 11.7 Å². The predicted octanol–water partition coefficient (Wildman–Crippen LogP) is 6.12. The van der Waals surface area contributed by atoms with Crippen molar-refractivity contribution < 1.29 is 23.5 Å². The minimum Gasteiger partial charge on any atom is -0.464 e. The number of Topliss-reactive ketones (excluding diaryl/α,β-unsaturated/α-hetero) is 1. The Bertz CT molecular complexity index is 1070. The van der Waals surface area contributed by atoms with Crippen molar-refractivity contribution in [1.29, 1.82) is 0 Å². The van der Waals surface area contributed by atoms with Gasteiger partial charge in [-0.05, 0) is 37.0 Å². The molecular weight excluding hydrogens is 456 g/mol. The molecule has 0 N–H and O–H groups in total. The molecule has 2 aliphatic rings. The van der Waals surface area contributed by atoms with Gasteiger partial charge in [-0.3, -0.25) is 4.79 Å². The number of esters is 1. The van der Waals surface area contributed by atoms with Gasteiger partial charge in [0.25, 0.3) is 0 Å². The van der Waals surface area contributed by atoms with E-state index in [0.717, 1.165) is 30.7 Å². The van der Waals surface area contributed by atoms with Crippen molar-refractivity contribution in [1.82, 2.24) is 4.98 Å². The highest BCUT2D eigenvalue weighted by molar-refractivity contribution is 5.95. The van der Waals surface area contributed by atoms with Crippen LogP contribution in [-0.4, -0.2) is 35.8 Å². The van der Waals surface area contributed by atoms with Crippen LogP contribution in [0.2, 0.25) is 0 Å². The van der Waals surface area contributed by atoms with Crippen molar-refractivity contribution in [2.75, 3.05) is 7.11 Å². The Balaban J connectivity index is 1.49. The number of carbonyl (C=O) groups excluding carboxylic acids is 2. The van der Waals surface area contributed by atoms with E-state index >= 15 is 0 Å². The van der Waals surface area contributed by atoms with Crippen molar-refractivity contribution in [3.8, 4) is 0 Å². The highest BCUT2D eigenvalue weighted by atomic mass is 16.5. The summed E-state index contributed by atoms with van der Waals surface area (Å²) in [5.74, 6) is 0.571. The summed E-state index contributed by atoms with van der Waals surface area (Å²) in [6.45, 7) is 1.96. The second-order valence-corrected chi connectivity index (χ2v) is 9.82. The number of aryl methyl sites for hydroxylation is 1. The molecule has 1 aromatic carbocycles. The van der Waals surface area contributed by atoms with E-state index in [4.69, 9.17) is 13.9 Å². The Hall–Kier alpha value is -3.06. The number of oxazole rings is 1. The Kier molecular flexibility index (Phi) is 8.86. The molecule has 2 heterocycles. The van der Waals surface area contributed by atoms with Gasteiger partial charge < -0.3 is 13.9 Å². The lowest BCUT2D eigenvalue weighted by atomic mass is 9.84. The molecule has 0 saturated heterocycles. The summed E-state index contributed by atoms with van der Waals surface area (Å²) >= 11 is 0. The first kappa shape index (κ1) is 26.0. The first-order valence-electron chi connectivity index (χ1n) is 13.0. The molecule has 1 aromatic heterocycles. The van der Waals surface area contributed by atoms with Gasteiger partial charge in [0.2, 0.25) is 5.72 Å². The summed E-state index contributed by atoms with van der Waals surface area (Å²) in [5.41, 5.74) is -0.231. The second-order valence-electron chi connectivity index (χ2n) is 9.82. The fraction of sp³-hybridized carbons (Fsp3) is 0.517. The molecule has 0 radical (unpaired) electrons. The van der Waals surface area contributed by atoms with Crippen LogP contribution in [-0.2, 0) is 20.9 Å². The van der Waals surface area contributed by atoms with Crippen LogP contribution in [0.3, 0.4) is 0 Å². The fourth-order valence-electron chi connectivity index (χ4n) is 5.16. The Labute approximate surface area is 213 Å². The standard InChI is InChI=1S/C29H36N2O5/c1-21-26(28(33)34-2)31-27(36-21)24(16-9-15-22-11-5-3-6-12-22)19-25(32)29(17-10-18-30-29)35-20-23-13-7-4-8-14-23/h4,7-8,10,13-14,17-18,22,24H,3,5-6,9,11-12,15-16,19-20H2,1-2H3. The minimum absolute atomic E-state index is 0.151. The lowest BCUT2D eigenvalue weighted by Crippen LogP contribution is -2.37. The lowest BCUT2D eigenvalue weighted by molar-refractivity contribution is -0.139. The molecule has 2 atom stereocenters. The molecule has 0 spiro atoms. The summed E-state index contributed by atoms with van der Waals surface area (Å²) < 4.78 is 16.9. The molecule has 4 rings (SSSR count). The predicted molar refractivity (Wildman–Crippen MR) is 137 cm³/mol. The smallest absolute Gasteiger partial charge is 0.360 e. The van der Waals surface area contributed by atoms with Gasteiger partial charge in [0.05, 0.1) is 13.7 Å². The number of ketones is 1. The number of benzene rings is 1. The number of nitrogens with zero attached hydrogens (tertiary/aromatic N) is 2. The molecule has 1 aliphatic carbocycles. The van der Waals surface area contributed by atoms with Crippen LogP contribution in [0, 0.1) is 12.8 Å². The van der Waals surface area contributed by atoms with Crippen molar-refractivity contribution in [3.63, 3.8) is 0 Å². The number of aromatic nitrogens is 1. The highest BCUT2D eigenvalue weighted by Gasteiger charge is 2.40. The Morgan fingerprint density at radius 3 is 2.64 bits per heavy atom. The van der Waals surface area contributed by atoms with E-state index in [1.807, 2.05) is 30.3 Å². The number of aliphatic imine (C=N–C) groups is 1. The average Bonchev–Trinajstić information content (AvgIpc) is 3.55. The summed E-state index contributed by atoms with van der Waals surface area (Å²) in [6, 6.07) is 9.73. The van der Waals surface area contributed by atoms with E-state index in [-0.39, 0.29) is 30.4 Å². The summed E-state index contributed by atoms with van der Waals surface area (Å²) in [5, 5.41) is 0. The van der Waals surface area contributed by atoms with Gasteiger partial charge >= 0.3 is 5.97 Å². The van der Waals surface area contributed by atoms with Gasteiger partial charge in [0.1, 0.15) is 5.76 Å². The summed E-state index contributed by atoms with van der Waals surface area (Å²) in [6.07, 6.45) is 14.5. The molecule has 192 valence electrons. The van der Waals surface area contributed by atoms with Crippen LogP contribution < -0.4 is 0 Å². The number of hydrogen-bond donors (Lipinski definition) is 0. The molecular formula is C29H36N2O5. The third-order valence-corrected chi connectivity index (χ3v) is 7.24. The number of rotatable bonds is 12. The van der Waals surface area contributed by atoms with Crippen LogP contribution in [0.5, 0.6) is 0 Å². The van der Waals surface area contributed by atoms with E-state index in [0.29, 0.717) is 11.7 Å². The number of hydrogen-bond acceptors (Lipinski definition) is 7. The Morgan fingerprint density at radius 1 is 1.17 bits per heavy atom. The second kappa shape index (κ2) is 12.3. The first-order chi connectivity index (χ1) is 17.5. The van der Waals surface area contributed by atoms with E-state index in [1.165, 1.54) is 39.2 Å². The van der Waals surface area contributed by atoms with E-state index in [1.54, 1.807) is 25.3 Å². The maximum Gasteiger partial charge on any atom is 0.360 e. The fourth-order valence-corrected chi connectivity index (χ4v) is 5.16. The highest BCUT2D eigenvalue weighted by Crippen LogP contribution is 2.34. The Morgan fingerprint density at radius 2 is 1.94 bits per heavy atom. The van der Waals surface area contributed by atoms with E-state index in [9.17, 15) is 9.59 Å². The maximum absolute atomic E-state index is 13.7. The topological polar surface area (TPSA) is 91.0 Å². The van der Waals surface area contributed by atoms with Gasteiger partial charge in [-0.15, -0.1) is 0 Å². The molecule has 7 heteroatoms. The van der Waals surface area contributed by atoms with Crippen LogP contribution >= 0.6 is 0 Å². The zero-order valence-corrected chi connectivity index (χ0v) is 21.3. The van der Waals surface area contributed by atoms with Gasteiger partial charge in [-0.2, -0.15) is 0 Å². The molecule has 7 nitrogen and oxygen atoms in total. The summed E-state index contributed by atoms with van der Waals surface area (Å²) in [7, 11) is 1.32. The lowest BCUT2D eigenvalue weighted by Gasteiger charge is -2.26. The van der Waals surface area contributed by atoms with Gasteiger partial charge in [0, 0.05) is 18.6 Å². The zero-order valence-electron chi connectivity index (χ0n) is 21.3. The van der Waals surface area contributed by atoms with Crippen molar-refractivity contribution in [2.24, 2.45) is 10.9 Å².